The fourth-order valence-electron chi connectivity index (χ4n) is 2.51. The molecule has 0 radical (unpaired) electrons. The van der Waals surface area contributed by atoms with Crippen molar-refractivity contribution in [3.8, 4) is 17.2 Å². The zero-order chi connectivity index (χ0) is 18.0. The standard InChI is InChI=1S/C19H16O6/c1-22-13-6-4-11(16(10-13)23-2)9-17-18(20)14-8-12(19(21)24-3)5-7-15(14)25-17/h4-10H,1-3H3/b17-9+. The summed E-state index contributed by atoms with van der Waals surface area (Å²) in [7, 11) is 4.38. The van der Waals surface area contributed by atoms with Crippen LogP contribution in [0.4, 0.5) is 0 Å². The minimum absolute atomic E-state index is 0.153. The highest BCUT2D eigenvalue weighted by Crippen LogP contribution is 2.34. The Hall–Kier alpha value is -3.28. The van der Waals surface area contributed by atoms with Crippen molar-refractivity contribution in [2.24, 2.45) is 0 Å². The third-order valence-electron chi connectivity index (χ3n) is 3.82. The molecule has 0 spiro atoms. The topological polar surface area (TPSA) is 71.1 Å². The van der Waals surface area contributed by atoms with Gasteiger partial charge in [-0.1, -0.05) is 0 Å². The second kappa shape index (κ2) is 6.68. The Morgan fingerprint density at radius 3 is 2.52 bits per heavy atom. The summed E-state index contributed by atoms with van der Waals surface area (Å²) in [4.78, 5) is 24.2. The molecule has 3 rings (SSSR count). The van der Waals surface area contributed by atoms with Crippen LogP contribution in [0, 0.1) is 0 Å². The number of rotatable bonds is 4. The Bertz CT molecular complexity index is 881. The minimum atomic E-state index is -0.509. The van der Waals surface area contributed by atoms with Crippen molar-refractivity contribution in [1.82, 2.24) is 0 Å². The molecule has 6 nitrogen and oxygen atoms in total. The molecule has 0 saturated heterocycles. The van der Waals surface area contributed by atoms with Gasteiger partial charge in [-0.05, 0) is 36.4 Å². The van der Waals surface area contributed by atoms with Gasteiger partial charge in [0, 0.05) is 11.6 Å². The van der Waals surface area contributed by atoms with Gasteiger partial charge in [-0.15, -0.1) is 0 Å². The molecule has 0 aliphatic carbocycles. The average Bonchev–Trinajstić information content (AvgIpc) is 2.96. The lowest BCUT2D eigenvalue weighted by Gasteiger charge is -2.07. The maximum atomic E-state index is 12.6. The van der Waals surface area contributed by atoms with Crippen LogP contribution in [0.5, 0.6) is 17.2 Å². The predicted octanol–water partition coefficient (Wildman–Crippen LogP) is 3.11. The molecule has 1 heterocycles. The fraction of sp³-hybridized carbons (Fsp3) is 0.158. The number of Topliss-reactive ketones (excluding diaryl/α,β-unsaturated/α-hetero) is 1. The number of carbonyl (C=O) groups excluding carboxylic acids is 2. The lowest BCUT2D eigenvalue weighted by atomic mass is 10.1. The first-order valence-electron chi connectivity index (χ1n) is 7.46. The second-order valence-electron chi connectivity index (χ2n) is 5.25. The van der Waals surface area contributed by atoms with Crippen molar-refractivity contribution in [1.29, 1.82) is 0 Å². The van der Waals surface area contributed by atoms with Crippen LogP contribution in [-0.4, -0.2) is 33.1 Å². The molecule has 1 aliphatic heterocycles. The zero-order valence-corrected chi connectivity index (χ0v) is 14.0. The summed E-state index contributed by atoms with van der Waals surface area (Å²) >= 11 is 0. The molecule has 6 heteroatoms. The number of ether oxygens (including phenoxy) is 4. The van der Waals surface area contributed by atoms with E-state index < -0.39 is 5.97 Å². The van der Waals surface area contributed by atoms with E-state index in [1.807, 2.05) is 0 Å². The lowest BCUT2D eigenvalue weighted by molar-refractivity contribution is 0.0600. The summed E-state index contributed by atoms with van der Waals surface area (Å²) < 4.78 is 20.8. The molecule has 2 aromatic rings. The van der Waals surface area contributed by atoms with Crippen LogP contribution in [0.1, 0.15) is 26.3 Å². The summed E-state index contributed by atoms with van der Waals surface area (Å²) in [5.74, 6) is 0.929. The van der Waals surface area contributed by atoms with Crippen LogP contribution in [0.15, 0.2) is 42.2 Å². The predicted molar refractivity (Wildman–Crippen MR) is 90.3 cm³/mol. The number of methoxy groups -OCH3 is 3. The van der Waals surface area contributed by atoms with Gasteiger partial charge in [-0.25, -0.2) is 4.79 Å². The van der Waals surface area contributed by atoms with E-state index in [9.17, 15) is 9.59 Å². The van der Waals surface area contributed by atoms with Crippen molar-refractivity contribution < 1.29 is 28.5 Å². The van der Waals surface area contributed by atoms with Gasteiger partial charge < -0.3 is 18.9 Å². The van der Waals surface area contributed by atoms with Crippen LogP contribution < -0.4 is 14.2 Å². The Morgan fingerprint density at radius 2 is 1.84 bits per heavy atom. The Balaban J connectivity index is 1.96. The van der Waals surface area contributed by atoms with Crippen molar-refractivity contribution in [3.63, 3.8) is 0 Å². The molecular weight excluding hydrogens is 324 g/mol. The van der Waals surface area contributed by atoms with E-state index >= 15 is 0 Å². The second-order valence-corrected chi connectivity index (χ2v) is 5.25. The lowest BCUT2D eigenvalue weighted by Crippen LogP contribution is -2.03. The van der Waals surface area contributed by atoms with Crippen molar-refractivity contribution in [2.75, 3.05) is 21.3 Å². The molecule has 1 aliphatic rings. The smallest absolute Gasteiger partial charge is 0.337 e. The number of ketones is 1. The normalized spacial score (nSPS) is 14.0. The highest BCUT2D eigenvalue weighted by atomic mass is 16.5. The summed E-state index contributed by atoms with van der Waals surface area (Å²) in [6, 6.07) is 9.84. The molecule has 0 aromatic heterocycles. The van der Waals surface area contributed by atoms with Gasteiger partial charge in [0.25, 0.3) is 0 Å². The van der Waals surface area contributed by atoms with Gasteiger partial charge in [0.2, 0.25) is 5.78 Å². The Kier molecular flexibility index (Phi) is 4.43. The Morgan fingerprint density at radius 1 is 1.04 bits per heavy atom. The highest BCUT2D eigenvalue weighted by Gasteiger charge is 2.28. The molecule has 0 amide bonds. The maximum absolute atomic E-state index is 12.6. The molecule has 0 unspecified atom stereocenters. The Labute approximate surface area is 144 Å². The van der Waals surface area contributed by atoms with E-state index in [2.05, 4.69) is 4.74 Å². The van der Waals surface area contributed by atoms with Crippen LogP contribution in [0.2, 0.25) is 0 Å². The fourth-order valence-corrected chi connectivity index (χ4v) is 2.51. The average molecular weight is 340 g/mol. The number of fused-ring (bicyclic) bond motifs is 1. The van der Waals surface area contributed by atoms with E-state index in [1.54, 1.807) is 43.5 Å². The number of allylic oxidation sites excluding steroid dienone is 1. The van der Waals surface area contributed by atoms with Crippen LogP contribution in [0.3, 0.4) is 0 Å². The van der Waals surface area contributed by atoms with Crippen LogP contribution >= 0.6 is 0 Å². The first kappa shape index (κ1) is 16.6. The summed E-state index contributed by atoms with van der Waals surface area (Å²) in [6.45, 7) is 0. The molecule has 25 heavy (non-hydrogen) atoms. The van der Waals surface area contributed by atoms with E-state index in [1.165, 1.54) is 20.3 Å². The summed E-state index contributed by atoms with van der Waals surface area (Å²) in [5, 5.41) is 0. The first-order chi connectivity index (χ1) is 12.1. The molecule has 0 bridgehead atoms. The molecule has 2 aromatic carbocycles. The largest absolute Gasteiger partial charge is 0.497 e. The van der Waals surface area contributed by atoms with Gasteiger partial charge in [0.1, 0.15) is 17.2 Å². The molecule has 0 atom stereocenters. The minimum Gasteiger partial charge on any atom is -0.497 e. The highest BCUT2D eigenvalue weighted by molar-refractivity contribution is 6.15. The van der Waals surface area contributed by atoms with E-state index in [0.717, 1.165) is 0 Å². The van der Waals surface area contributed by atoms with E-state index in [0.29, 0.717) is 33.9 Å². The zero-order valence-electron chi connectivity index (χ0n) is 14.0. The number of hydrogen-bond donors (Lipinski definition) is 0. The molecular formula is C19H16O6. The summed E-state index contributed by atoms with van der Waals surface area (Å²) in [5.41, 5.74) is 1.29. The summed E-state index contributed by atoms with van der Waals surface area (Å²) in [6.07, 6.45) is 1.60. The molecule has 0 fully saturated rings. The maximum Gasteiger partial charge on any atom is 0.337 e. The third-order valence-corrected chi connectivity index (χ3v) is 3.82. The quantitative estimate of drug-likeness (QED) is 0.629. The number of hydrogen-bond acceptors (Lipinski definition) is 6. The number of esters is 1. The monoisotopic (exact) mass is 340 g/mol. The number of carbonyl (C=O) groups is 2. The van der Waals surface area contributed by atoms with Gasteiger partial charge in [0.15, 0.2) is 5.76 Å². The van der Waals surface area contributed by atoms with Crippen LogP contribution in [-0.2, 0) is 4.74 Å². The molecule has 0 N–H and O–H groups in total. The van der Waals surface area contributed by atoms with Gasteiger partial charge >= 0.3 is 5.97 Å². The molecule has 0 saturated carbocycles. The van der Waals surface area contributed by atoms with E-state index in [4.69, 9.17) is 14.2 Å². The van der Waals surface area contributed by atoms with Gasteiger partial charge in [-0.3, -0.25) is 4.79 Å². The molecule has 128 valence electrons. The first-order valence-corrected chi connectivity index (χ1v) is 7.46. The van der Waals surface area contributed by atoms with Crippen molar-refractivity contribution in [2.45, 2.75) is 0 Å². The SMILES string of the molecule is COC(=O)c1ccc2c(c1)C(=O)/C(=C\c1ccc(OC)cc1OC)O2. The van der Waals surface area contributed by atoms with Gasteiger partial charge in [-0.2, -0.15) is 0 Å². The number of benzene rings is 2. The van der Waals surface area contributed by atoms with E-state index in [-0.39, 0.29) is 11.5 Å². The van der Waals surface area contributed by atoms with Gasteiger partial charge in [0.05, 0.1) is 32.5 Å². The van der Waals surface area contributed by atoms with Crippen molar-refractivity contribution in [3.05, 3.63) is 58.8 Å². The van der Waals surface area contributed by atoms with Crippen molar-refractivity contribution >= 4 is 17.8 Å². The third kappa shape index (κ3) is 3.06. The van der Waals surface area contributed by atoms with Crippen LogP contribution in [0.25, 0.3) is 6.08 Å².